The summed E-state index contributed by atoms with van der Waals surface area (Å²) >= 11 is 0. The Hall–Kier alpha value is -2.50. The highest BCUT2D eigenvalue weighted by Gasteiger charge is 2.32. The first kappa shape index (κ1) is 24.6. The minimum Gasteiger partial charge on any atom is -0.494 e. The summed E-state index contributed by atoms with van der Waals surface area (Å²) < 4.78 is 54.8. The molecule has 0 N–H and O–H groups in total. The molecule has 0 bridgehead atoms. The predicted molar refractivity (Wildman–Crippen MR) is 125 cm³/mol. The average Bonchev–Trinajstić information content (AvgIpc) is 2.83. The molecule has 0 saturated heterocycles. The van der Waals surface area contributed by atoms with E-state index in [-0.39, 0.29) is 17.6 Å². The summed E-state index contributed by atoms with van der Waals surface area (Å²) in [6.45, 7) is 4.42. The van der Waals surface area contributed by atoms with Crippen molar-refractivity contribution < 1.29 is 27.4 Å². The van der Waals surface area contributed by atoms with Crippen LogP contribution in [0.4, 0.5) is 13.2 Å². The van der Waals surface area contributed by atoms with Crippen molar-refractivity contribution in [2.75, 3.05) is 6.61 Å². The van der Waals surface area contributed by atoms with Crippen LogP contribution in [0.25, 0.3) is 0 Å². The average molecular weight is 475 g/mol. The number of halogens is 3. The highest BCUT2D eigenvalue weighted by molar-refractivity contribution is 5.75. The quantitative estimate of drug-likeness (QED) is 0.318. The largest absolute Gasteiger partial charge is 0.494 e. The van der Waals surface area contributed by atoms with E-state index in [4.69, 9.17) is 9.47 Å². The van der Waals surface area contributed by atoms with Crippen molar-refractivity contribution >= 4 is 5.97 Å². The Morgan fingerprint density at radius 1 is 0.853 bits per heavy atom. The van der Waals surface area contributed by atoms with Crippen LogP contribution in [-0.2, 0) is 4.79 Å². The summed E-state index contributed by atoms with van der Waals surface area (Å²) in [5, 5.41) is 0. The van der Waals surface area contributed by atoms with Crippen LogP contribution in [0.1, 0.15) is 88.2 Å². The lowest BCUT2D eigenvalue weighted by molar-refractivity contribution is -0.140. The van der Waals surface area contributed by atoms with Crippen molar-refractivity contribution in [2.24, 2.45) is 11.8 Å². The molecule has 6 heteroatoms. The van der Waals surface area contributed by atoms with E-state index in [1.165, 1.54) is 12.1 Å². The molecule has 34 heavy (non-hydrogen) atoms. The minimum atomic E-state index is -0.737. The lowest BCUT2D eigenvalue weighted by Gasteiger charge is -2.29. The second-order valence-corrected chi connectivity index (χ2v) is 9.82. The number of carbonyl (C=O) groups is 1. The molecule has 0 aromatic heterocycles. The third kappa shape index (κ3) is 5.42. The molecule has 2 saturated carbocycles. The van der Waals surface area contributed by atoms with Gasteiger partial charge in [-0.05, 0) is 86.5 Å². The fraction of sp³-hybridized carbons (Fsp3) is 0.536. The SMILES string of the molecule is CCOc1ccc(OC(=O)C2CCC(c3ccc(C4CCC(C)CC4)c(F)c3F)CC2)c(F)c1. The molecule has 2 aromatic carbocycles. The van der Waals surface area contributed by atoms with Gasteiger partial charge in [0.2, 0.25) is 0 Å². The second-order valence-electron chi connectivity index (χ2n) is 9.82. The Balaban J connectivity index is 1.36. The van der Waals surface area contributed by atoms with Gasteiger partial charge in [0, 0.05) is 6.07 Å². The van der Waals surface area contributed by atoms with Gasteiger partial charge in [0.05, 0.1) is 12.5 Å². The van der Waals surface area contributed by atoms with E-state index in [1.807, 2.05) is 0 Å². The van der Waals surface area contributed by atoms with Crippen LogP contribution in [0.3, 0.4) is 0 Å². The van der Waals surface area contributed by atoms with Gasteiger partial charge in [0.25, 0.3) is 0 Å². The Labute approximate surface area is 199 Å². The standard InChI is InChI=1S/C28H33F3O3/c1-3-33-21-12-15-25(24(29)16-21)34-28(32)20-10-8-19(9-11-20)23-14-13-22(26(30)27(23)31)18-6-4-17(2)5-7-18/h12-20H,3-11H2,1-2H3. The summed E-state index contributed by atoms with van der Waals surface area (Å²) in [5.41, 5.74) is 0.901. The molecule has 0 amide bonds. The third-order valence-corrected chi connectivity index (χ3v) is 7.52. The van der Waals surface area contributed by atoms with Crippen molar-refractivity contribution in [1.29, 1.82) is 0 Å². The molecule has 0 unspecified atom stereocenters. The molecule has 2 aliphatic rings. The Morgan fingerprint density at radius 2 is 1.41 bits per heavy atom. The molecule has 2 fully saturated rings. The second kappa shape index (κ2) is 10.8. The first-order valence-corrected chi connectivity index (χ1v) is 12.5. The van der Waals surface area contributed by atoms with Crippen molar-refractivity contribution in [3.05, 3.63) is 58.9 Å². The van der Waals surface area contributed by atoms with Crippen LogP contribution in [0.5, 0.6) is 11.5 Å². The van der Waals surface area contributed by atoms with Crippen LogP contribution in [0, 0.1) is 29.3 Å². The van der Waals surface area contributed by atoms with Crippen molar-refractivity contribution in [2.45, 2.75) is 77.0 Å². The summed E-state index contributed by atoms with van der Waals surface area (Å²) in [5.74, 6) is -2.13. The fourth-order valence-electron chi connectivity index (χ4n) is 5.43. The molecule has 0 spiro atoms. The number of benzene rings is 2. The molecular formula is C28H33F3O3. The van der Waals surface area contributed by atoms with Crippen LogP contribution >= 0.6 is 0 Å². The van der Waals surface area contributed by atoms with Gasteiger partial charge in [-0.15, -0.1) is 0 Å². The molecule has 2 aliphatic carbocycles. The Morgan fingerprint density at radius 3 is 1.94 bits per heavy atom. The maximum Gasteiger partial charge on any atom is 0.314 e. The lowest BCUT2D eigenvalue weighted by Crippen LogP contribution is -2.26. The number of esters is 1. The van der Waals surface area contributed by atoms with E-state index in [2.05, 4.69) is 6.92 Å². The van der Waals surface area contributed by atoms with Gasteiger partial charge in [-0.1, -0.05) is 31.9 Å². The van der Waals surface area contributed by atoms with E-state index in [1.54, 1.807) is 25.1 Å². The zero-order valence-electron chi connectivity index (χ0n) is 19.9. The molecular weight excluding hydrogens is 441 g/mol. The van der Waals surface area contributed by atoms with Gasteiger partial charge >= 0.3 is 5.97 Å². The highest BCUT2D eigenvalue weighted by atomic mass is 19.2. The van der Waals surface area contributed by atoms with E-state index in [0.29, 0.717) is 55.1 Å². The Kier molecular flexibility index (Phi) is 7.84. The Bertz CT molecular complexity index is 1010. The maximum atomic E-state index is 15.0. The van der Waals surface area contributed by atoms with Gasteiger partial charge in [-0.25, -0.2) is 13.2 Å². The van der Waals surface area contributed by atoms with Gasteiger partial charge in [0.15, 0.2) is 23.2 Å². The first-order chi connectivity index (χ1) is 16.4. The topological polar surface area (TPSA) is 35.5 Å². The number of hydrogen-bond donors (Lipinski definition) is 0. The molecule has 0 radical (unpaired) electrons. The van der Waals surface area contributed by atoms with Crippen molar-refractivity contribution in [3.63, 3.8) is 0 Å². The predicted octanol–water partition coefficient (Wildman–Crippen LogP) is 7.68. The van der Waals surface area contributed by atoms with Crippen molar-refractivity contribution in [3.8, 4) is 11.5 Å². The smallest absolute Gasteiger partial charge is 0.314 e. The zero-order chi connectivity index (χ0) is 24.2. The van der Waals surface area contributed by atoms with Gasteiger partial charge in [-0.3, -0.25) is 4.79 Å². The number of carbonyl (C=O) groups excluding carboxylic acids is 1. The number of rotatable bonds is 6. The van der Waals surface area contributed by atoms with Crippen LogP contribution in [0.15, 0.2) is 30.3 Å². The summed E-state index contributed by atoms with van der Waals surface area (Å²) in [6.07, 6.45) is 6.00. The van der Waals surface area contributed by atoms with E-state index in [0.717, 1.165) is 25.7 Å². The van der Waals surface area contributed by atoms with E-state index in [9.17, 15) is 13.6 Å². The third-order valence-electron chi connectivity index (χ3n) is 7.52. The summed E-state index contributed by atoms with van der Waals surface area (Å²) in [7, 11) is 0. The van der Waals surface area contributed by atoms with E-state index >= 15 is 4.39 Å². The molecule has 0 atom stereocenters. The van der Waals surface area contributed by atoms with Gasteiger partial charge in [0.1, 0.15) is 5.75 Å². The van der Waals surface area contributed by atoms with Crippen LogP contribution in [-0.4, -0.2) is 12.6 Å². The normalized spacial score (nSPS) is 25.1. The molecule has 184 valence electrons. The van der Waals surface area contributed by atoms with Gasteiger partial charge in [-0.2, -0.15) is 0 Å². The maximum absolute atomic E-state index is 15.0. The molecule has 0 aliphatic heterocycles. The molecule has 3 nitrogen and oxygen atoms in total. The van der Waals surface area contributed by atoms with Crippen LogP contribution in [0.2, 0.25) is 0 Å². The summed E-state index contributed by atoms with van der Waals surface area (Å²) in [4.78, 5) is 12.6. The molecule has 4 rings (SSSR count). The zero-order valence-corrected chi connectivity index (χ0v) is 19.9. The molecule has 0 heterocycles. The highest BCUT2D eigenvalue weighted by Crippen LogP contribution is 2.41. The summed E-state index contributed by atoms with van der Waals surface area (Å²) in [6, 6.07) is 7.64. The number of hydrogen-bond acceptors (Lipinski definition) is 3. The molecule has 2 aromatic rings. The van der Waals surface area contributed by atoms with E-state index < -0.39 is 29.3 Å². The van der Waals surface area contributed by atoms with Gasteiger partial charge < -0.3 is 9.47 Å². The lowest BCUT2D eigenvalue weighted by atomic mass is 9.76. The fourth-order valence-corrected chi connectivity index (χ4v) is 5.43. The van der Waals surface area contributed by atoms with Crippen molar-refractivity contribution in [1.82, 2.24) is 0 Å². The minimum absolute atomic E-state index is 0.0910. The van der Waals surface area contributed by atoms with Crippen LogP contribution < -0.4 is 9.47 Å². The number of ether oxygens (including phenoxy) is 2. The monoisotopic (exact) mass is 474 g/mol. The first-order valence-electron chi connectivity index (χ1n) is 12.5.